The van der Waals surface area contributed by atoms with Crippen LogP contribution in [0.25, 0.3) is 10.9 Å². The number of rotatable bonds is 3. The van der Waals surface area contributed by atoms with Gasteiger partial charge in [-0.3, -0.25) is 9.59 Å². The largest absolute Gasteiger partial charge is 0.356 e. The predicted molar refractivity (Wildman–Crippen MR) is 119 cm³/mol. The van der Waals surface area contributed by atoms with Gasteiger partial charge in [0, 0.05) is 35.1 Å². The Morgan fingerprint density at radius 2 is 1.71 bits per heavy atom. The molecule has 1 aromatic heterocycles. The first-order valence-electron chi connectivity index (χ1n) is 10.5. The third-order valence-electron chi connectivity index (χ3n) is 6.46. The highest BCUT2D eigenvalue weighted by atomic mass is 16.2. The second-order valence-electron chi connectivity index (χ2n) is 8.19. The first-order valence-corrected chi connectivity index (χ1v) is 10.5. The zero-order chi connectivity index (χ0) is 20.9. The fraction of sp³-hybridized carbons (Fsp3) is 0.154. The molecule has 4 aromatic rings. The molecule has 3 heterocycles. The summed E-state index contributed by atoms with van der Waals surface area (Å²) in [6, 6.07) is 24.8. The quantitative estimate of drug-likeness (QED) is 0.540. The van der Waals surface area contributed by atoms with Gasteiger partial charge in [0.15, 0.2) is 0 Å². The Balaban J connectivity index is 1.43. The number of amides is 2. The van der Waals surface area contributed by atoms with Crippen LogP contribution in [0.15, 0.2) is 78.9 Å². The van der Waals surface area contributed by atoms with Crippen LogP contribution in [-0.2, 0) is 17.8 Å². The van der Waals surface area contributed by atoms with Crippen molar-refractivity contribution in [3.8, 4) is 0 Å². The lowest BCUT2D eigenvalue weighted by molar-refractivity contribution is -0.126. The third kappa shape index (κ3) is 2.70. The number of hydrogen-bond acceptors (Lipinski definition) is 2. The number of aromatic nitrogens is 1. The molecule has 3 aromatic carbocycles. The number of nitrogens with one attached hydrogen (secondary N) is 2. The van der Waals surface area contributed by atoms with Crippen molar-refractivity contribution in [1.29, 1.82) is 0 Å². The Morgan fingerprint density at radius 3 is 2.58 bits per heavy atom. The normalized spacial score (nSPS) is 19.1. The molecular formula is C26H21N3O2. The summed E-state index contributed by atoms with van der Waals surface area (Å²) in [6.07, 6.45) is 0.496. The number of carbonyl (C=O) groups is 2. The molecule has 0 saturated heterocycles. The van der Waals surface area contributed by atoms with E-state index in [1.54, 1.807) is 4.90 Å². The first-order chi connectivity index (χ1) is 15.2. The average Bonchev–Trinajstić information content (AvgIpc) is 3.33. The standard InChI is InChI=1S/C26H21N3O2/c30-25(27-15-16-8-2-1-3-9-16)22-14-20-17-10-6-7-13-21(17)28-23(20)24-18-11-4-5-12-19(18)26(31)29(22)24/h1-13,22,24,28H,14-15H2,(H,27,30)/t22-,24-/m0/s1. The van der Waals surface area contributed by atoms with E-state index in [4.69, 9.17) is 0 Å². The number of para-hydroxylation sites is 1. The zero-order valence-electron chi connectivity index (χ0n) is 16.8. The molecule has 0 saturated carbocycles. The summed E-state index contributed by atoms with van der Waals surface area (Å²) in [6.45, 7) is 0.441. The van der Waals surface area contributed by atoms with Crippen molar-refractivity contribution in [2.75, 3.05) is 0 Å². The summed E-state index contributed by atoms with van der Waals surface area (Å²) in [7, 11) is 0. The summed E-state index contributed by atoms with van der Waals surface area (Å²) < 4.78 is 0. The number of H-pyrrole nitrogens is 1. The van der Waals surface area contributed by atoms with Crippen LogP contribution < -0.4 is 5.32 Å². The molecule has 2 N–H and O–H groups in total. The van der Waals surface area contributed by atoms with Crippen LogP contribution in [0.2, 0.25) is 0 Å². The van der Waals surface area contributed by atoms with E-state index in [9.17, 15) is 9.59 Å². The summed E-state index contributed by atoms with van der Waals surface area (Å²) in [5, 5.41) is 4.18. The zero-order valence-corrected chi connectivity index (χ0v) is 16.8. The Morgan fingerprint density at radius 1 is 0.968 bits per heavy atom. The van der Waals surface area contributed by atoms with Crippen molar-refractivity contribution in [1.82, 2.24) is 15.2 Å². The molecule has 152 valence electrons. The maximum absolute atomic E-state index is 13.4. The summed E-state index contributed by atoms with van der Waals surface area (Å²) in [4.78, 5) is 32.0. The fourth-order valence-corrected chi connectivity index (χ4v) is 5.04. The van der Waals surface area contributed by atoms with Crippen LogP contribution in [0.4, 0.5) is 0 Å². The first kappa shape index (κ1) is 18.0. The van der Waals surface area contributed by atoms with Crippen molar-refractivity contribution >= 4 is 22.7 Å². The van der Waals surface area contributed by atoms with Crippen molar-refractivity contribution in [3.63, 3.8) is 0 Å². The maximum atomic E-state index is 13.4. The van der Waals surface area contributed by atoms with Gasteiger partial charge < -0.3 is 15.2 Å². The molecule has 6 rings (SSSR count). The van der Waals surface area contributed by atoms with E-state index < -0.39 is 6.04 Å². The molecule has 0 fully saturated rings. The van der Waals surface area contributed by atoms with Gasteiger partial charge in [-0.2, -0.15) is 0 Å². The fourth-order valence-electron chi connectivity index (χ4n) is 5.04. The number of benzene rings is 3. The molecule has 31 heavy (non-hydrogen) atoms. The predicted octanol–water partition coefficient (Wildman–Crippen LogP) is 3.95. The monoisotopic (exact) mass is 407 g/mol. The van der Waals surface area contributed by atoms with E-state index in [2.05, 4.69) is 16.4 Å². The molecule has 5 heteroatoms. The second kappa shape index (κ2) is 6.84. The van der Waals surface area contributed by atoms with E-state index in [0.717, 1.165) is 33.3 Å². The Kier molecular flexibility index (Phi) is 3.96. The number of hydrogen-bond donors (Lipinski definition) is 2. The summed E-state index contributed by atoms with van der Waals surface area (Å²) >= 11 is 0. The van der Waals surface area contributed by atoms with Crippen LogP contribution >= 0.6 is 0 Å². The molecular weight excluding hydrogens is 386 g/mol. The van der Waals surface area contributed by atoms with Gasteiger partial charge in [-0.15, -0.1) is 0 Å². The van der Waals surface area contributed by atoms with E-state index in [0.29, 0.717) is 18.5 Å². The van der Waals surface area contributed by atoms with E-state index in [-0.39, 0.29) is 17.9 Å². The van der Waals surface area contributed by atoms with E-state index in [1.165, 1.54) is 0 Å². The van der Waals surface area contributed by atoms with E-state index >= 15 is 0 Å². The topological polar surface area (TPSA) is 65.2 Å². The lowest BCUT2D eigenvalue weighted by atomic mass is 9.90. The molecule has 0 radical (unpaired) electrons. The number of fused-ring (bicyclic) bond motifs is 7. The van der Waals surface area contributed by atoms with Gasteiger partial charge >= 0.3 is 0 Å². The second-order valence-corrected chi connectivity index (χ2v) is 8.19. The van der Waals surface area contributed by atoms with Gasteiger partial charge in [-0.25, -0.2) is 0 Å². The van der Waals surface area contributed by atoms with E-state index in [1.807, 2.05) is 72.8 Å². The Labute approximate surface area is 179 Å². The summed E-state index contributed by atoms with van der Waals surface area (Å²) in [5.74, 6) is -0.198. The van der Waals surface area contributed by atoms with Crippen LogP contribution in [0.5, 0.6) is 0 Å². The molecule has 0 unspecified atom stereocenters. The minimum atomic E-state index is -0.555. The smallest absolute Gasteiger partial charge is 0.255 e. The molecule has 0 bridgehead atoms. The average molecular weight is 407 g/mol. The molecule has 2 aliphatic rings. The van der Waals surface area contributed by atoms with Gasteiger partial charge in [0.05, 0.1) is 6.04 Å². The van der Waals surface area contributed by atoms with Crippen molar-refractivity contribution in [2.24, 2.45) is 0 Å². The van der Waals surface area contributed by atoms with Crippen molar-refractivity contribution < 1.29 is 9.59 Å². The molecule has 2 aliphatic heterocycles. The summed E-state index contributed by atoms with van der Waals surface area (Å²) in [5.41, 5.74) is 5.86. The van der Waals surface area contributed by atoms with Gasteiger partial charge in [0.25, 0.3) is 5.91 Å². The van der Waals surface area contributed by atoms with Crippen LogP contribution in [0.1, 0.15) is 38.8 Å². The highest BCUT2D eigenvalue weighted by molar-refractivity contribution is 6.03. The van der Waals surface area contributed by atoms with Gasteiger partial charge in [0.2, 0.25) is 5.91 Å². The Hall–Kier alpha value is -3.86. The number of carbonyl (C=O) groups excluding carboxylic acids is 2. The number of aromatic amines is 1. The minimum absolute atomic E-state index is 0.0789. The SMILES string of the molecule is O=C(NCc1ccccc1)[C@@H]1Cc2c([nH]c3ccccc23)[C@@H]2c3ccccc3C(=O)N21. The molecule has 0 spiro atoms. The van der Waals surface area contributed by atoms with Crippen LogP contribution in [-0.4, -0.2) is 27.7 Å². The maximum Gasteiger partial charge on any atom is 0.255 e. The van der Waals surface area contributed by atoms with Crippen LogP contribution in [0.3, 0.4) is 0 Å². The highest BCUT2D eigenvalue weighted by Gasteiger charge is 2.48. The molecule has 0 aliphatic carbocycles. The van der Waals surface area contributed by atoms with Gasteiger partial charge in [0.1, 0.15) is 6.04 Å². The van der Waals surface area contributed by atoms with Crippen molar-refractivity contribution in [3.05, 3.63) is 107 Å². The molecule has 5 nitrogen and oxygen atoms in total. The lowest BCUT2D eigenvalue weighted by Crippen LogP contribution is -2.52. The minimum Gasteiger partial charge on any atom is -0.356 e. The Bertz CT molecular complexity index is 1330. The lowest BCUT2D eigenvalue weighted by Gasteiger charge is -2.37. The van der Waals surface area contributed by atoms with Gasteiger partial charge in [-0.05, 0) is 28.8 Å². The van der Waals surface area contributed by atoms with Gasteiger partial charge in [-0.1, -0.05) is 66.7 Å². The van der Waals surface area contributed by atoms with Crippen LogP contribution in [0, 0.1) is 0 Å². The highest BCUT2D eigenvalue weighted by Crippen LogP contribution is 2.46. The molecule has 2 amide bonds. The van der Waals surface area contributed by atoms with Crippen molar-refractivity contribution in [2.45, 2.75) is 25.0 Å². The number of nitrogens with zero attached hydrogens (tertiary/aromatic N) is 1. The third-order valence-corrected chi connectivity index (χ3v) is 6.46. The molecule has 2 atom stereocenters.